The van der Waals surface area contributed by atoms with Gasteiger partial charge in [-0.1, -0.05) is 30.3 Å². The number of nitro groups is 1. The van der Waals surface area contributed by atoms with Gasteiger partial charge in [-0.25, -0.2) is 9.78 Å². The van der Waals surface area contributed by atoms with Gasteiger partial charge < -0.3 is 14.6 Å². The van der Waals surface area contributed by atoms with Gasteiger partial charge in [-0.05, 0) is 30.5 Å². The van der Waals surface area contributed by atoms with Crippen molar-refractivity contribution in [1.82, 2.24) is 9.97 Å². The second-order valence-corrected chi connectivity index (χ2v) is 8.80. The molecule has 1 aliphatic heterocycles. The smallest absolute Gasteiger partial charge is 0.338 e. The number of esters is 1. The van der Waals surface area contributed by atoms with Crippen LogP contribution in [0.15, 0.2) is 58.7 Å². The summed E-state index contributed by atoms with van der Waals surface area (Å²) in [6.07, 6.45) is 1.96. The summed E-state index contributed by atoms with van der Waals surface area (Å²) in [5.74, 6) is -0.523. The quantitative estimate of drug-likeness (QED) is 0.247. The lowest BCUT2D eigenvalue weighted by atomic mass is 10.1. The third kappa shape index (κ3) is 4.15. The van der Waals surface area contributed by atoms with E-state index in [1.54, 1.807) is 6.07 Å². The van der Waals surface area contributed by atoms with Crippen LogP contribution in [0.25, 0.3) is 21.3 Å². The van der Waals surface area contributed by atoms with E-state index in [0.717, 1.165) is 37.1 Å². The first-order chi connectivity index (χ1) is 16.5. The van der Waals surface area contributed by atoms with Crippen LogP contribution in [-0.2, 0) is 11.3 Å². The Morgan fingerprint density at radius 3 is 2.68 bits per heavy atom. The number of H-pyrrole nitrogens is 1. The van der Waals surface area contributed by atoms with E-state index in [1.807, 2.05) is 40.6 Å². The Bertz CT molecular complexity index is 1440. The van der Waals surface area contributed by atoms with Crippen LogP contribution in [0.3, 0.4) is 0 Å². The molecule has 1 fully saturated rings. The number of carbonyl (C=O) groups is 1. The number of hydrogen-bond donors (Lipinski definition) is 1. The molecule has 0 saturated carbocycles. The van der Waals surface area contributed by atoms with Gasteiger partial charge in [0.15, 0.2) is 0 Å². The summed E-state index contributed by atoms with van der Waals surface area (Å²) >= 11 is 1.34. The second-order valence-electron chi connectivity index (χ2n) is 7.94. The number of benzene rings is 2. The van der Waals surface area contributed by atoms with Crippen molar-refractivity contribution in [2.75, 3.05) is 18.0 Å². The molecule has 10 heteroatoms. The zero-order valence-electron chi connectivity index (χ0n) is 18.0. The Hall–Kier alpha value is -4.05. The van der Waals surface area contributed by atoms with Crippen LogP contribution in [0.1, 0.15) is 29.0 Å². The molecule has 0 radical (unpaired) electrons. The van der Waals surface area contributed by atoms with Crippen LogP contribution in [0, 0.1) is 10.1 Å². The number of nitrogens with one attached hydrogen (secondary N) is 1. The summed E-state index contributed by atoms with van der Waals surface area (Å²) in [5.41, 5.74) is 1.84. The van der Waals surface area contributed by atoms with Crippen LogP contribution < -0.4 is 10.5 Å². The molecule has 34 heavy (non-hydrogen) atoms. The molecule has 0 aliphatic carbocycles. The van der Waals surface area contributed by atoms with Gasteiger partial charge in [0.1, 0.15) is 22.9 Å². The lowest BCUT2D eigenvalue weighted by Gasteiger charge is -2.17. The Labute approximate surface area is 197 Å². The van der Waals surface area contributed by atoms with Gasteiger partial charge >= 0.3 is 5.97 Å². The minimum Gasteiger partial charge on any atom is -0.454 e. The zero-order valence-corrected chi connectivity index (χ0v) is 18.8. The molecule has 3 heterocycles. The lowest BCUT2D eigenvalue weighted by molar-refractivity contribution is -0.384. The number of rotatable bonds is 6. The number of nitro benzene ring substituents is 1. The van der Waals surface area contributed by atoms with Gasteiger partial charge in [-0.2, -0.15) is 0 Å². The maximum absolute atomic E-state index is 12.7. The SMILES string of the molecule is O=C(OCc1nc2scc(-c3ccccc3)c2c(=O)[nH]1)c1ccc(N2CCCC2)c([N+](=O)[O-])c1. The highest BCUT2D eigenvalue weighted by molar-refractivity contribution is 7.17. The summed E-state index contributed by atoms with van der Waals surface area (Å²) < 4.78 is 5.31. The van der Waals surface area contributed by atoms with Crippen LogP contribution in [-0.4, -0.2) is 34.0 Å². The molecular weight excluding hydrogens is 456 g/mol. The standard InChI is InChI=1S/C24H20N4O5S/c29-22-21-17(15-6-2-1-3-7-15)14-34-23(21)26-20(25-22)13-33-24(30)16-8-9-18(19(12-16)28(31)32)27-10-4-5-11-27/h1-3,6-9,12,14H,4-5,10-11,13H2,(H,25,26,29). The maximum atomic E-state index is 12.7. The number of aromatic nitrogens is 2. The van der Waals surface area contributed by atoms with E-state index in [2.05, 4.69) is 9.97 Å². The van der Waals surface area contributed by atoms with Crippen molar-refractivity contribution in [1.29, 1.82) is 0 Å². The molecule has 172 valence electrons. The molecule has 0 bridgehead atoms. The van der Waals surface area contributed by atoms with E-state index in [0.29, 0.717) is 15.9 Å². The summed E-state index contributed by atoms with van der Waals surface area (Å²) in [5, 5.41) is 13.9. The third-order valence-corrected chi connectivity index (χ3v) is 6.64. The Morgan fingerprint density at radius 1 is 1.18 bits per heavy atom. The largest absolute Gasteiger partial charge is 0.454 e. The minimum atomic E-state index is -0.727. The number of aromatic amines is 1. The molecular formula is C24H20N4O5S. The maximum Gasteiger partial charge on any atom is 0.338 e. The molecule has 1 aliphatic rings. The summed E-state index contributed by atoms with van der Waals surface area (Å²) in [6.45, 7) is 1.24. The van der Waals surface area contributed by atoms with E-state index in [9.17, 15) is 19.7 Å². The molecule has 0 amide bonds. The highest BCUT2D eigenvalue weighted by atomic mass is 32.1. The monoisotopic (exact) mass is 476 g/mol. The van der Waals surface area contributed by atoms with Gasteiger partial charge in [0, 0.05) is 30.1 Å². The van der Waals surface area contributed by atoms with E-state index in [1.165, 1.54) is 23.5 Å². The van der Waals surface area contributed by atoms with Crippen LogP contribution in [0.5, 0.6) is 0 Å². The fourth-order valence-electron chi connectivity index (χ4n) is 4.13. The molecule has 0 unspecified atom stereocenters. The third-order valence-electron chi connectivity index (χ3n) is 5.77. The molecule has 9 nitrogen and oxygen atoms in total. The van der Waals surface area contributed by atoms with Crippen molar-refractivity contribution in [3.05, 3.63) is 85.8 Å². The Morgan fingerprint density at radius 2 is 1.94 bits per heavy atom. The Balaban J connectivity index is 1.35. The van der Waals surface area contributed by atoms with E-state index in [-0.39, 0.29) is 29.2 Å². The first-order valence-corrected chi connectivity index (χ1v) is 11.7. The highest BCUT2D eigenvalue weighted by Gasteiger charge is 2.24. The molecule has 5 rings (SSSR count). The van der Waals surface area contributed by atoms with Crippen LogP contribution >= 0.6 is 11.3 Å². The molecule has 1 N–H and O–H groups in total. The summed E-state index contributed by atoms with van der Waals surface area (Å²) in [7, 11) is 0. The van der Waals surface area contributed by atoms with E-state index < -0.39 is 10.9 Å². The van der Waals surface area contributed by atoms with E-state index >= 15 is 0 Å². The summed E-state index contributed by atoms with van der Waals surface area (Å²) in [4.78, 5) is 46.0. The number of fused-ring (bicyclic) bond motifs is 1. The van der Waals surface area contributed by atoms with Crippen molar-refractivity contribution >= 4 is 38.9 Å². The number of hydrogen-bond acceptors (Lipinski definition) is 8. The molecule has 1 saturated heterocycles. The number of ether oxygens (including phenoxy) is 1. The van der Waals surface area contributed by atoms with Gasteiger partial charge in [0.05, 0.1) is 15.9 Å². The number of carbonyl (C=O) groups excluding carboxylic acids is 1. The molecule has 0 spiro atoms. The van der Waals surface area contributed by atoms with Crippen molar-refractivity contribution in [3.63, 3.8) is 0 Å². The van der Waals surface area contributed by atoms with Gasteiger partial charge in [0.25, 0.3) is 11.2 Å². The van der Waals surface area contributed by atoms with Gasteiger partial charge in [0.2, 0.25) is 0 Å². The van der Waals surface area contributed by atoms with Crippen LogP contribution in [0.4, 0.5) is 11.4 Å². The molecule has 0 atom stereocenters. The molecule has 2 aromatic carbocycles. The number of thiophene rings is 1. The highest BCUT2D eigenvalue weighted by Crippen LogP contribution is 2.32. The Kier molecular flexibility index (Phi) is 5.81. The zero-order chi connectivity index (χ0) is 23.7. The van der Waals surface area contributed by atoms with Crippen molar-refractivity contribution in [2.45, 2.75) is 19.4 Å². The first kappa shape index (κ1) is 21.8. The molecule has 4 aromatic rings. The molecule has 2 aromatic heterocycles. The van der Waals surface area contributed by atoms with Crippen molar-refractivity contribution in [3.8, 4) is 11.1 Å². The van der Waals surface area contributed by atoms with Crippen molar-refractivity contribution < 1.29 is 14.5 Å². The number of nitrogens with zero attached hydrogens (tertiary/aromatic N) is 3. The number of anilines is 1. The summed E-state index contributed by atoms with van der Waals surface area (Å²) in [6, 6.07) is 13.9. The average Bonchev–Trinajstić information content (AvgIpc) is 3.53. The van der Waals surface area contributed by atoms with Gasteiger partial charge in [-0.15, -0.1) is 11.3 Å². The minimum absolute atomic E-state index is 0.0700. The predicted molar refractivity (Wildman–Crippen MR) is 129 cm³/mol. The van der Waals surface area contributed by atoms with E-state index in [4.69, 9.17) is 4.74 Å². The average molecular weight is 477 g/mol. The van der Waals surface area contributed by atoms with Gasteiger partial charge in [-0.3, -0.25) is 14.9 Å². The predicted octanol–water partition coefficient (Wildman–Crippen LogP) is 4.52. The normalized spacial score (nSPS) is 13.4. The first-order valence-electron chi connectivity index (χ1n) is 10.8. The topological polar surface area (TPSA) is 118 Å². The van der Waals surface area contributed by atoms with Crippen molar-refractivity contribution in [2.24, 2.45) is 0 Å². The van der Waals surface area contributed by atoms with Crippen LogP contribution in [0.2, 0.25) is 0 Å². The fraction of sp³-hybridized carbons (Fsp3) is 0.208. The lowest BCUT2D eigenvalue weighted by Crippen LogP contribution is -2.19. The fourth-order valence-corrected chi connectivity index (χ4v) is 5.10. The second kappa shape index (κ2) is 9.06.